The Bertz CT molecular complexity index is 449. The third kappa shape index (κ3) is 4.83. The van der Waals surface area contributed by atoms with Crippen LogP contribution in [0.15, 0.2) is 30.3 Å². The number of amides is 1. The van der Waals surface area contributed by atoms with Crippen LogP contribution in [0.1, 0.15) is 24.8 Å². The lowest BCUT2D eigenvalue weighted by Crippen LogP contribution is -2.39. The van der Waals surface area contributed by atoms with Gasteiger partial charge in [0.15, 0.2) is 0 Å². The van der Waals surface area contributed by atoms with E-state index in [2.05, 4.69) is 0 Å². The first-order valence-corrected chi connectivity index (χ1v) is 7.70. The Morgan fingerprint density at radius 2 is 1.95 bits per heavy atom. The summed E-state index contributed by atoms with van der Waals surface area (Å²) >= 11 is 0. The Morgan fingerprint density at radius 3 is 2.57 bits per heavy atom. The van der Waals surface area contributed by atoms with Crippen molar-refractivity contribution < 1.29 is 9.90 Å². The maximum Gasteiger partial charge on any atom is 0.236 e. The molecule has 0 saturated heterocycles. The largest absolute Gasteiger partial charge is 0.393 e. The summed E-state index contributed by atoms with van der Waals surface area (Å²) in [5.74, 6) is 0.441. The first-order valence-electron chi connectivity index (χ1n) is 7.70. The van der Waals surface area contributed by atoms with Crippen LogP contribution in [0.2, 0.25) is 0 Å². The Kier molecular flexibility index (Phi) is 5.76. The molecule has 0 aromatic heterocycles. The fourth-order valence-electron chi connectivity index (χ4n) is 2.99. The fraction of sp³-hybridized carbons (Fsp3) is 0.588. The number of carbonyl (C=O) groups is 1. The summed E-state index contributed by atoms with van der Waals surface area (Å²) < 4.78 is 0. The van der Waals surface area contributed by atoms with Gasteiger partial charge in [-0.15, -0.1) is 0 Å². The molecular formula is C17H26N2O2. The molecule has 0 bridgehead atoms. The fourth-order valence-corrected chi connectivity index (χ4v) is 2.99. The molecule has 4 nitrogen and oxygen atoms in total. The van der Waals surface area contributed by atoms with E-state index in [1.807, 2.05) is 49.3 Å². The molecule has 1 saturated carbocycles. The number of likely N-dealkylation sites (N-methyl/N-ethyl adjacent to an activating group) is 2. The maximum atomic E-state index is 12.2. The Morgan fingerprint density at radius 1 is 1.24 bits per heavy atom. The van der Waals surface area contributed by atoms with Gasteiger partial charge in [0.05, 0.1) is 12.6 Å². The Labute approximate surface area is 127 Å². The van der Waals surface area contributed by atoms with E-state index in [0.29, 0.717) is 19.0 Å². The van der Waals surface area contributed by atoms with Crippen molar-refractivity contribution in [1.29, 1.82) is 0 Å². The van der Waals surface area contributed by atoms with Gasteiger partial charge in [0.1, 0.15) is 0 Å². The van der Waals surface area contributed by atoms with Crippen LogP contribution < -0.4 is 0 Å². The molecule has 116 valence electrons. The van der Waals surface area contributed by atoms with Crippen molar-refractivity contribution >= 4 is 5.91 Å². The topological polar surface area (TPSA) is 43.8 Å². The maximum absolute atomic E-state index is 12.2. The number of aliphatic hydroxyl groups excluding tert-OH is 1. The van der Waals surface area contributed by atoms with Crippen molar-refractivity contribution in [3.63, 3.8) is 0 Å². The van der Waals surface area contributed by atoms with Crippen molar-refractivity contribution in [3.8, 4) is 0 Å². The summed E-state index contributed by atoms with van der Waals surface area (Å²) in [6.07, 6.45) is 2.88. The van der Waals surface area contributed by atoms with Gasteiger partial charge >= 0.3 is 0 Å². The quantitative estimate of drug-likeness (QED) is 0.868. The van der Waals surface area contributed by atoms with E-state index in [4.69, 9.17) is 0 Å². The summed E-state index contributed by atoms with van der Waals surface area (Å²) in [5.41, 5.74) is 1.14. The number of hydrogen-bond donors (Lipinski definition) is 1. The molecule has 1 fully saturated rings. The number of hydrogen-bond acceptors (Lipinski definition) is 3. The zero-order valence-electron chi connectivity index (χ0n) is 13.0. The predicted octanol–water partition coefficient (Wildman–Crippen LogP) is 1.74. The highest BCUT2D eigenvalue weighted by molar-refractivity contribution is 5.77. The minimum atomic E-state index is -0.190. The molecule has 1 amide bonds. The smallest absolute Gasteiger partial charge is 0.236 e. The molecule has 21 heavy (non-hydrogen) atoms. The first kappa shape index (κ1) is 16.0. The average molecular weight is 290 g/mol. The molecule has 0 heterocycles. The molecule has 2 rings (SSSR count). The molecule has 1 N–H and O–H groups in total. The van der Waals surface area contributed by atoms with Gasteiger partial charge < -0.3 is 10.0 Å². The van der Waals surface area contributed by atoms with E-state index >= 15 is 0 Å². The van der Waals surface area contributed by atoms with Crippen LogP contribution in [0.25, 0.3) is 0 Å². The van der Waals surface area contributed by atoms with E-state index in [0.717, 1.165) is 31.4 Å². The third-order valence-corrected chi connectivity index (χ3v) is 4.26. The third-order valence-electron chi connectivity index (χ3n) is 4.26. The zero-order valence-corrected chi connectivity index (χ0v) is 13.0. The van der Waals surface area contributed by atoms with Crippen LogP contribution in [0, 0.1) is 5.92 Å². The van der Waals surface area contributed by atoms with Crippen molar-refractivity contribution in [2.45, 2.75) is 31.9 Å². The van der Waals surface area contributed by atoms with E-state index < -0.39 is 0 Å². The number of rotatable bonds is 6. The minimum Gasteiger partial charge on any atom is -0.393 e. The van der Waals surface area contributed by atoms with Gasteiger partial charge in [-0.25, -0.2) is 0 Å². The molecule has 1 aromatic carbocycles. The van der Waals surface area contributed by atoms with Crippen LogP contribution in [0.4, 0.5) is 0 Å². The highest BCUT2D eigenvalue weighted by atomic mass is 16.3. The highest BCUT2D eigenvalue weighted by Crippen LogP contribution is 2.25. The SMILES string of the molecule is CN(CC(=O)N(C)Cc1ccccc1)CC1CCCC1O. The molecule has 2 unspecified atom stereocenters. The van der Waals surface area contributed by atoms with Gasteiger partial charge in [-0.05, 0) is 31.4 Å². The molecule has 0 radical (unpaired) electrons. The molecule has 1 aliphatic carbocycles. The standard InChI is InChI=1S/C17H26N2O2/c1-18(12-15-9-6-10-16(15)20)13-17(21)19(2)11-14-7-4-3-5-8-14/h3-5,7-8,15-16,20H,6,9-13H2,1-2H3. The van der Waals surface area contributed by atoms with Crippen molar-refractivity contribution in [2.75, 3.05) is 27.2 Å². The van der Waals surface area contributed by atoms with Crippen LogP contribution in [0.3, 0.4) is 0 Å². The molecular weight excluding hydrogens is 264 g/mol. The normalized spacial score (nSPS) is 21.7. The van der Waals surface area contributed by atoms with E-state index in [1.165, 1.54) is 0 Å². The van der Waals surface area contributed by atoms with Crippen LogP contribution in [-0.4, -0.2) is 54.1 Å². The summed E-state index contributed by atoms with van der Waals surface area (Å²) in [6.45, 7) is 1.85. The zero-order chi connectivity index (χ0) is 15.2. The summed E-state index contributed by atoms with van der Waals surface area (Å²) in [7, 11) is 3.80. The summed E-state index contributed by atoms with van der Waals surface area (Å²) in [5, 5.41) is 9.85. The first-order chi connectivity index (χ1) is 10.1. The number of benzene rings is 1. The number of carbonyl (C=O) groups excluding carboxylic acids is 1. The van der Waals surface area contributed by atoms with E-state index in [9.17, 15) is 9.90 Å². The van der Waals surface area contributed by atoms with Gasteiger partial charge in [0, 0.05) is 20.1 Å². The second-order valence-corrected chi connectivity index (χ2v) is 6.19. The molecule has 0 spiro atoms. The Balaban J connectivity index is 1.77. The van der Waals surface area contributed by atoms with Gasteiger partial charge in [-0.2, -0.15) is 0 Å². The van der Waals surface area contributed by atoms with Gasteiger partial charge in [-0.1, -0.05) is 36.8 Å². The lowest BCUT2D eigenvalue weighted by molar-refractivity contribution is -0.131. The average Bonchev–Trinajstić information content (AvgIpc) is 2.85. The minimum absolute atomic E-state index is 0.119. The van der Waals surface area contributed by atoms with E-state index in [-0.39, 0.29) is 12.0 Å². The van der Waals surface area contributed by atoms with Crippen molar-refractivity contribution in [2.24, 2.45) is 5.92 Å². The van der Waals surface area contributed by atoms with Crippen LogP contribution in [-0.2, 0) is 11.3 Å². The van der Waals surface area contributed by atoms with Crippen molar-refractivity contribution in [3.05, 3.63) is 35.9 Å². The Hall–Kier alpha value is -1.39. The van der Waals surface area contributed by atoms with E-state index in [1.54, 1.807) is 4.90 Å². The van der Waals surface area contributed by atoms with Crippen LogP contribution in [0.5, 0.6) is 0 Å². The van der Waals surface area contributed by atoms with Gasteiger partial charge in [0.2, 0.25) is 5.91 Å². The molecule has 2 atom stereocenters. The highest BCUT2D eigenvalue weighted by Gasteiger charge is 2.26. The molecule has 0 aliphatic heterocycles. The summed E-state index contributed by atoms with van der Waals surface area (Å²) in [4.78, 5) is 16.0. The van der Waals surface area contributed by atoms with Crippen molar-refractivity contribution in [1.82, 2.24) is 9.80 Å². The predicted molar refractivity (Wildman–Crippen MR) is 83.8 cm³/mol. The van der Waals surface area contributed by atoms with Gasteiger partial charge in [0.25, 0.3) is 0 Å². The molecule has 1 aliphatic rings. The van der Waals surface area contributed by atoms with Crippen LogP contribution >= 0.6 is 0 Å². The second kappa shape index (κ2) is 7.57. The second-order valence-electron chi connectivity index (χ2n) is 6.19. The number of aliphatic hydroxyl groups is 1. The van der Waals surface area contributed by atoms with Gasteiger partial charge in [-0.3, -0.25) is 9.69 Å². The molecule has 1 aromatic rings. The lowest BCUT2D eigenvalue weighted by atomic mass is 10.1. The lowest BCUT2D eigenvalue weighted by Gasteiger charge is -2.25. The monoisotopic (exact) mass is 290 g/mol. The summed E-state index contributed by atoms with van der Waals surface area (Å²) in [6, 6.07) is 10.0. The molecule has 4 heteroatoms. The number of nitrogens with zero attached hydrogens (tertiary/aromatic N) is 2.